The zero-order valence-corrected chi connectivity index (χ0v) is 13.5. The Hall–Kier alpha value is -1.44. The molecule has 0 radical (unpaired) electrons. The van der Waals surface area contributed by atoms with Crippen LogP contribution in [-0.4, -0.2) is 38.2 Å². The van der Waals surface area contributed by atoms with Crippen LogP contribution < -0.4 is 4.72 Å². The number of hydrogen-bond acceptors (Lipinski definition) is 4. The Balaban J connectivity index is 1.99. The highest BCUT2D eigenvalue weighted by atomic mass is 32.2. The largest absolute Gasteiger partial charge is 0.478 e. The lowest BCUT2D eigenvalue weighted by molar-refractivity contribution is 0.0125. The second-order valence-corrected chi connectivity index (χ2v) is 7.86. The van der Waals surface area contributed by atoms with Crippen LogP contribution in [0.25, 0.3) is 0 Å². The van der Waals surface area contributed by atoms with E-state index in [1.807, 2.05) is 13.8 Å². The van der Waals surface area contributed by atoms with Crippen molar-refractivity contribution in [2.45, 2.75) is 31.6 Å². The highest BCUT2D eigenvalue weighted by Crippen LogP contribution is 2.30. The van der Waals surface area contributed by atoms with Crippen LogP contribution in [0.2, 0.25) is 0 Å². The summed E-state index contributed by atoms with van der Waals surface area (Å²) in [4.78, 5) is 10.9. The van der Waals surface area contributed by atoms with Gasteiger partial charge < -0.3 is 9.84 Å². The van der Waals surface area contributed by atoms with E-state index in [1.165, 1.54) is 12.1 Å². The Bertz CT molecular complexity index is 654. The molecular weight excluding hydrogens is 306 g/mol. The first-order chi connectivity index (χ1) is 10.2. The maximum Gasteiger partial charge on any atom is 0.335 e. The first-order valence-electron chi connectivity index (χ1n) is 7.13. The van der Waals surface area contributed by atoms with Crippen molar-refractivity contribution in [3.8, 4) is 0 Å². The summed E-state index contributed by atoms with van der Waals surface area (Å²) in [6, 6.07) is 5.96. The lowest BCUT2D eigenvalue weighted by Crippen LogP contribution is -2.38. The summed E-state index contributed by atoms with van der Waals surface area (Å²) in [6.07, 6.45) is 0.823. The monoisotopic (exact) mass is 327 g/mol. The number of rotatable bonds is 6. The van der Waals surface area contributed by atoms with Gasteiger partial charge in [-0.15, -0.1) is 0 Å². The fraction of sp³-hybridized carbons (Fsp3) is 0.533. The zero-order valence-electron chi connectivity index (χ0n) is 12.7. The Morgan fingerprint density at radius 1 is 1.45 bits per heavy atom. The number of ether oxygens (including phenoxy) is 1. The second kappa shape index (κ2) is 6.36. The molecule has 1 heterocycles. The van der Waals surface area contributed by atoms with Crippen LogP contribution in [0.3, 0.4) is 0 Å². The van der Waals surface area contributed by atoms with Crippen molar-refractivity contribution < 1.29 is 23.1 Å². The third kappa shape index (κ3) is 4.28. The summed E-state index contributed by atoms with van der Waals surface area (Å²) in [5.74, 6) is -1.17. The summed E-state index contributed by atoms with van der Waals surface area (Å²) in [6.45, 7) is 4.87. The van der Waals surface area contributed by atoms with Gasteiger partial charge in [0.1, 0.15) is 0 Å². The van der Waals surface area contributed by atoms with Crippen LogP contribution in [0.5, 0.6) is 0 Å². The summed E-state index contributed by atoms with van der Waals surface area (Å²) >= 11 is 0. The quantitative estimate of drug-likeness (QED) is 0.828. The van der Waals surface area contributed by atoms with E-state index in [9.17, 15) is 13.2 Å². The van der Waals surface area contributed by atoms with E-state index in [1.54, 1.807) is 12.1 Å². The second-order valence-electron chi connectivity index (χ2n) is 6.05. The molecule has 0 saturated carbocycles. The number of sulfonamides is 1. The molecule has 1 unspecified atom stereocenters. The summed E-state index contributed by atoms with van der Waals surface area (Å²) in [7, 11) is -3.51. The van der Waals surface area contributed by atoms with Gasteiger partial charge in [-0.25, -0.2) is 17.9 Å². The minimum absolute atomic E-state index is 0.0815. The Morgan fingerprint density at radius 2 is 2.18 bits per heavy atom. The topological polar surface area (TPSA) is 92.7 Å². The van der Waals surface area contributed by atoms with Gasteiger partial charge in [0.2, 0.25) is 10.0 Å². The lowest BCUT2D eigenvalue weighted by atomic mass is 9.91. The third-order valence-electron chi connectivity index (χ3n) is 4.00. The summed E-state index contributed by atoms with van der Waals surface area (Å²) in [5.41, 5.74) is 0.207. The van der Waals surface area contributed by atoms with Crippen molar-refractivity contribution >= 4 is 16.0 Å². The third-order valence-corrected chi connectivity index (χ3v) is 5.32. The van der Waals surface area contributed by atoms with Crippen molar-refractivity contribution in [2.24, 2.45) is 5.92 Å². The van der Waals surface area contributed by atoms with Crippen molar-refractivity contribution in [3.63, 3.8) is 0 Å². The highest BCUT2D eigenvalue weighted by molar-refractivity contribution is 7.88. The average molecular weight is 327 g/mol. The number of hydrogen-bond donors (Lipinski definition) is 2. The van der Waals surface area contributed by atoms with Gasteiger partial charge in [-0.2, -0.15) is 0 Å². The van der Waals surface area contributed by atoms with Gasteiger partial charge in [-0.1, -0.05) is 12.1 Å². The number of aromatic carboxylic acids is 1. The van der Waals surface area contributed by atoms with E-state index in [4.69, 9.17) is 9.84 Å². The van der Waals surface area contributed by atoms with E-state index >= 15 is 0 Å². The van der Waals surface area contributed by atoms with Crippen molar-refractivity contribution in [2.75, 3.05) is 13.2 Å². The maximum absolute atomic E-state index is 12.1. The number of nitrogens with one attached hydrogen (secondary N) is 1. The van der Waals surface area contributed by atoms with Gasteiger partial charge in [0.05, 0.1) is 16.9 Å². The van der Waals surface area contributed by atoms with Gasteiger partial charge in [0, 0.05) is 19.1 Å². The van der Waals surface area contributed by atoms with Crippen LogP contribution >= 0.6 is 0 Å². The van der Waals surface area contributed by atoms with Gasteiger partial charge in [0.25, 0.3) is 0 Å². The zero-order chi connectivity index (χ0) is 16.4. The molecule has 0 bridgehead atoms. The molecule has 1 aromatic carbocycles. The molecule has 0 spiro atoms. The van der Waals surface area contributed by atoms with Crippen molar-refractivity contribution in [3.05, 3.63) is 35.4 Å². The molecule has 1 saturated heterocycles. The minimum Gasteiger partial charge on any atom is -0.478 e. The lowest BCUT2D eigenvalue weighted by Gasteiger charge is -2.25. The maximum atomic E-state index is 12.1. The van der Waals surface area contributed by atoms with E-state index in [0.717, 1.165) is 6.42 Å². The van der Waals surface area contributed by atoms with E-state index in [0.29, 0.717) is 18.7 Å². The predicted octanol–water partition coefficient (Wildman–Crippen LogP) is 1.62. The van der Waals surface area contributed by atoms with Crippen LogP contribution in [0, 0.1) is 5.92 Å². The molecule has 0 aromatic heterocycles. The number of benzene rings is 1. The SMILES string of the molecule is CC1(C)OCCC1CNS(=O)(=O)Cc1cccc(C(=O)O)c1. The molecule has 1 fully saturated rings. The molecule has 1 atom stereocenters. The van der Waals surface area contributed by atoms with Gasteiger partial charge in [-0.3, -0.25) is 0 Å². The fourth-order valence-corrected chi connectivity index (χ4v) is 3.75. The molecule has 1 aliphatic heterocycles. The van der Waals surface area contributed by atoms with Crippen molar-refractivity contribution in [1.29, 1.82) is 0 Å². The Kier molecular flexibility index (Phi) is 4.89. The molecule has 7 heteroatoms. The molecule has 2 rings (SSSR count). The van der Waals surface area contributed by atoms with Crippen LogP contribution in [-0.2, 0) is 20.5 Å². The molecule has 0 aliphatic carbocycles. The van der Waals surface area contributed by atoms with Crippen molar-refractivity contribution in [1.82, 2.24) is 4.72 Å². The van der Waals surface area contributed by atoms with Crippen LogP contribution in [0.4, 0.5) is 0 Å². The summed E-state index contributed by atoms with van der Waals surface area (Å²) in [5, 5.41) is 8.93. The van der Waals surface area contributed by atoms with Gasteiger partial charge in [0.15, 0.2) is 0 Å². The highest BCUT2D eigenvalue weighted by Gasteiger charge is 2.36. The van der Waals surface area contributed by atoms with E-state index in [2.05, 4.69) is 4.72 Å². The molecule has 0 amide bonds. The van der Waals surface area contributed by atoms with E-state index in [-0.39, 0.29) is 22.8 Å². The first kappa shape index (κ1) is 16.9. The standard InChI is InChI=1S/C15H21NO5S/c1-15(2)13(6-7-21-15)9-16-22(19,20)10-11-4-3-5-12(8-11)14(17)18/h3-5,8,13,16H,6-7,9-10H2,1-2H3,(H,17,18). The smallest absolute Gasteiger partial charge is 0.335 e. The normalized spacial score (nSPS) is 20.9. The average Bonchev–Trinajstić information content (AvgIpc) is 2.75. The first-order valence-corrected chi connectivity index (χ1v) is 8.78. The molecule has 2 N–H and O–H groups in total. The minimum atomic E-state index is -3.51. The molecular formula is C15H21NO5S. The molecule has 22 heavy (non-hydrogen) atoms. The van der Waals surface area contributed by atoms with Gasteiger partial charge >= 0.3 is 5.97 Å². The molecule has 1 aliphatic rings. The predicted molar refractivity (Wildman–Crippen MR) is 82.2 cm³/mol. The van der Waals surface area contributed by atoms with Gasteiger partial charge in [-0.05, 0) is 38.0 Å². The molecule has 1 aromatic rings. The van der Waals surface area contributed by atoms with Crippen LogP contribution in [0.1, 0.15) is 36.2 Å². The molecule has 122 valence electrons. The number of carboxylic acid groups (broad SMARTS) is 1. The van der Waals surface area contributed by atoms with E-state index < -0.39 is 16.0 Å². The number of carbonyl (C=O) groups is 1. The number of carboxylic acids is 1. The van der Waals surface area contributed by atoms with Crippen LogP contribution in [0.15, 0.2) is 24.3 Å². The summed E-state index contributed by atoms with van der Waals surface area (Å²) < 4.78 is 32.5. The Labute approximate surface area is 130 Å². The fourth-order valence-electron chi connectivity index (χ4n) is 2.57. The molecule has 6 nitrogen and oxygen atoms in total. The Morgan fingerprint density at radius 3 is 2.77 bits per heavy atom.